The molecule has 2 rings (SSSR count). The Labute approximate surface area is 140 Å². The summed E-state index contributed by atoms with van der Waals surface area (Å²) < 4.78 is 0. The van der Waals surface area contributed by atoms with Crippen molar-refractivity contribution in [3.8, 4) is 0 Å². The summed E-state index contributed by atoms with van der Waals surface area (Å²) in [6, 6.07) is 8.11. The molecule has 1 aromatic rings. The summed E-state index contributed by atoms with van der Waals surface area (Å²) in [5.41, 5.74) is 8.19. The topological polar surface area (TPSA) is 55.1 Å². The first-order valence-electron chi connectivity index (χ1n) is 8.27. The minimum Gasteiger partial charge on any atom is -0.330 e. The third kappa shape index (κ3) is 4.99. The number of anilines is 1. The van der Waals surface area contributed by atoms with Crippen molar-refractivity contribution in [1.29, 1.82) is 0 Å². The number of hydrogen-bond acceptors (Lipinski definition) is 2. The molecule has 3 N–H and O–H groups in total. The molecule has 0 bridgehead atoms. The Hall–Kier alpha value is -1.06. The minimum atomic E-state index is 0. The Morgan fingerprint density at radius 2 is 1.91 bits per heavy atom. The average molecular weight is 325 g/mol. The van der Waals surface area contributed by atoms with Crippen molar-refractivity contribution in [2.45, 2.75) is 58.3 Å². The molecule has 0 saturated heterocycles. The van der Waals surface area contributed by atoms with E-state index in [1.165, 1.54) is 24.8 Å². The van der Waals surface area contributed by atoms with Crippen LogP contribution in [0.2, 0.25) is 0 Å². The summed E-state index contributed by atoms with van der Waals surface area (Å²) in [4.78, 5) is 12.4. The first kappa shape index (κ1) is 19.0. The molecule has 0 aromatic heterocycles. The van der Waals surface area contributed by atoms with Gasteiger partial charge in [0, 0.05) is 12.1 Å². The number of rotatable bonds is 6. The largest absolute Gasteiger partial charge is 0.330 e. The number of aryl methyl sites for hydroxylation is 1. The zero-order chi connectivity index (χ0) is 15.1. The summed E-state index contributed by atoms with van der Waals surface area (Å²) >= 11 is 0. The Morgan fingerprint density at radius 1 is 1.23 bits per heavy atom. The number of hydrogen-bond donors (Lipinski definition) is 2. The number of carbonyl (C=O) groups excluding carboxylic acids is 1. The third-order valence-corrected chi connectivity index (χ3v) is 4.69. The molecule has 0 radical (unpaired) electrons. The van der Waals surface area contributed by atoms with Gasteiger partial charge >= 0.3 is 0 Å². The van der Waals surface area contributed by atoms with E-state index < -0.39 is 0 Å². The number of amides is 1. The molecule has 4 heteroatoms. The van der Waals surface area contributed by atoms with Gasteiger partial charge in [0.2, 0.25) is 5.91 Å². The van der Waals surface area contributed by atoms with Gasteiger partial charge in [0.05, 0.1) is 0 Å². The Morgan fingerprint density at radius 3 is 2.55 bits per heavy atom. The zero-order valence-electron chi connectivity index (χ0n) is 13.6. The number of benzene rings is 1. The number of nitrogens with one attached hydrogen (secondary N) is 1. The van der Waals surface area contributed by atoms with Crippen LogP contribution >= 0.6 is 12.4 Å². The summed E-state index contributed by atoms with van der Waals surface area (Å²) in [6.07, 6.45) is 8.51. The molecule has 0 aliphatic heterocycles. The average Bonchev–Trinajstić information content (AvgIpc) is 2.50. The Bertz CT molecular complexity index is 470. The van der Waals surface area contributed by atoms with Crippen LogP contribution in [-0.4, -0.2) is 12.5 Å². The minimum absolute atomic E-state index is 0. The summed E-state index contributed by atoms with van der Waals surface area (Å²) in [6.45, 7) is 2.78. The van der Waals surface area contributed by atoms with Crippen LogP contribution in [0.4, 0.5) is 5.69 Å². The van der Waals surface area contributed by atoms with Crippen LogP contribution in [0, 0.1) is 5.41 Å². The SMILES string of the molecule is CCCc1ccccc1NC(=O)CC1(CN)CCCCC1.Cl. The Kier molecular flexibility index (Phi) is 7.91. The molecule has 22 heavy (non-hydrogen) atoms. The highest BCUT2D eigenvalue weighted by Crippen LogP contribution is 2.38. The molecule has 1 aromatic carbocycles. The number of halogens is 1. The lowest BCUT2D eigenvalue weighted by atomic mass is 9.71. The maximum absolute atomic E-state index is 12.4. The van der Waals surface area contributed by atoms with E-state index in [2.05, 4.69) is 18.3 Å². The maximum Gasteiger partial charge on any atom is 0.224 e. The fourth-order valence-electron chi connectivity index (χ4n) is 3.42. The molecule has 0 heterocycles. The van der Waals surface area contributed by atoms with E-state index in [0.717, 1.165) is 31.4 Å². The van der Waals surface area contributed by atoms with Crippen molar-refractivity contribution in [3.05, 3.63) is 29.8 Å². The predicted octanol–water partition coefficient (Wildman–Crippen LogP) is 4.30. The maximum atomic E-state index is 12.4. The number of carbonyl (C=O) groups is 1. The highest BCUT2D eigenvalue weighted by Gasteiger charge is 2.33. The third-order valence-electron chi connectivity index (χ3n) is 4.69. The number of nitrogens with two attached hydrogens (primary N) is 1. The van der Waals surface area contributed by atoms with Gasteiger partial charge in [0.25, 0.3) is 0 Å². The van der Waals surface area contributed by atoms with Crippen molar-refractivity contribution in [2.24, 2.45) is 11.1 Å². The highest BCUT2D eigenvalue weighted by molar-refractivity contribution is 5.92. The van der Waals surface area contributed by atoms with Crippen LogP contribution in [-0.2, 0) is 11.2 Å². The van der Waals surface area contributed by atoms with Gasteiger partial charge in [-0.1, -0.05) is 50.8 Å². The molecule has 0 spiro atoms. The fourth-order valence-corrected chi connectivity index (χ4v) is 3.42. The fraction of sp³-hybridized carbons (Fsp3) is 0.611. The van der Waals surface area contributed by atoms with Crippen LogP contribution in [0.3, 0.4) is 0 Å². The zero-order valence-corrected chi connectivity index (χ0v) is 14.4. The summed E-state index contributed by atoms with van der Waals surface area (Å²) in [7, 11) is 0. The second-order valence-electron chi connectivity index (χ2n) is 6.40. The summed E-state index contributed by atoms with van der Waals surface area (Å²) in [5.74, 6) is 0.117. The lowest BCUT2D eigenvalue weighted by Crippen LogP contribution is -2.36. The molecular weight excluding hydrogens is 296 g/mol. The van der Waals surface area contributed by atoms with Crippen LogP contribution in [0.15, 0.2) is 24.3 Å². The molecule has 1 saturated carbocycles. The highest BCUT2D eigenvalue weighted by atomic mass is 35.5. The monoisotopic (exact) mass is 324 g/mol. The molecule has 0 unspecified atom stereocenters. The van der Waals surface area contributed by atoms with Crippen molar-refractivity contribution >= 4 is 24.0 Å². The van der Waals surface area contributed by atoms with Crippen molar-refractivity contribution < 1.29 is 4.79 Å². The first-order chi connectivity index (χ1) is 10.2. The molecule has 1 fully saturated rings. The van der Waals surface area contributed by atoms with Gasteiger partial charge in [0.1, 0.15) is 0 Å². The van der Waals surface area contributed by atoms with E-state index >= 15 is 0 Å². The second kappa shape index (κ2) is 9.16. The quantitative estimate of drug-likeness (QED) is 0.819. The molecular formula is C18H29ClN2O. The van der Waals surface area contributed by atoms with E-state index in [1.54, 1.807) is 0 Å². The van der Waals surface area contributed by atoms with Crippen LogP contribution in [0.1, 0.15) is 57.4 Å². The van der Waals surface area contributed by atoms with E-state index in [-0.39, 0.29) is 23.7 Å². The van der Waals surface area contributed by atoms with Crippen molar-refractivity contribution in [2.75, 3.05) is 11.9 Å². The molecule has 1 aliphatic carbocycles. The lowest BCUT2D eigenvalue weighted by Gasteiger charge is -2.35. The van der Waals surface area contributed by atoms with Gasteiger partial charge in [-0.2, -0.15) is 0 Å². The standard InChI is InChI=1S/C18H28N2O.ClH/c1-2-8-15-9-4-5-10-16(15)20-17(21)13-18(14-19)11-6-3-7-12-18;/h4-5,9-10H,2-3,6-8,11-14,19H2,1H3,(H,20,21);1H. The van der Waals surface area contributed by atoms with Gasteiger partial charge in [-0.15, -0.1) is 12.4 Å². The number of para-hydroxylation sites is 1. The van der Waals surface area contributed by atoms with E-state index in [9.17, 15) is 4.79 Å². The molecule has 0 atom stereocenters. The van der Waals surface area contributed by atoms with Crippen molar-refractivity contribution in [1.82, 2.24) is 0 Å². The Balaban J connectivity index is 0.00000242. The van der Waals surface area contributed by atoms with Gasteiger partial charge in [0.15, 0.2) is 0 Å². The van der Waals surface area contributed by atoms with Crippen LogP contribution in [0.25, 0.3) is 0 Å². The molecule has 124 valence electrons. The summed E-state index contributed by atoms with van der Waals surface area (Å²) in [5, 5.41) is 3.11. The van der Waals surface area contributed by atoms with E-state index in [0.29, 0.717) is 13.0 Å². The predicted molar refractivity (Wildman–Crippen MR) is 95.5 cm³/mol. The normalized spacial score (nSPS) is 16.6. The molecule has 1 aliphatic rings. The molecule has 1 amide bonds. The van der Waals surface area contributed by atoms with Crippen molar-refractivity contribution in [3.63, 3.8) is 0 Å². The van der Waals surface area contributed by atoms with Gasteiger partial charge in [-0.05, 0) is 42.9 Å². The van der Waals surface area contributed by atoms with E-state index in [1.807, 2.05) is 18.2 Å². The van der Waals surface area contributed by atoms with Crippen LogP contribution < -0.4 is 11.1 Å². The van der Waals surface area contributed by atoms with Gasteiger partial charge < -0.3 is 11.1 Å². The second-order valence-corrected chi connectivity index (χ2v) is 6.40. The van der Waals surface area contributed by atoms with Gasteiger partial charge in [-0.25, -0.2) is 0 Å². The lowest BCUT2D eigenvalue weighted by molar-refractivity contribution is -0.118. The van der Waals surface area contributed by atoms with E-state index in [4.69, 9.17) is 5.73 Å². The van der Waals surface area contributed by atoms with Gasteiger partial charge in [-0.3, -0.25) is 4.79 Å². The smallest absolute Gasteiger partial charge is 0.224 e. The molecule has 3 nitrogen and oxygen atoms in total. The van der Waals surface area contributed by atoms with Crippen LogP contribution in [0.5, 0.6) is 0 Å². The first-order valence-corrected chi connectivity index (χ1v) is 8.27.